The van der Waals surface area contributed by atoms with Crippen LogP contribution in [0.3, 0.4) is 0 Å². The normalized spacial score (nSPS) is 19.8. The standard InChI is InChI=1S/C9H12ClNO/c10-9-2-1-8(12-9)7-3-5-11-6-4-7/h1-2,7,11H,3-6H2. The highest BCUT2D eigenvalue weighted by molar-refractivity contribution is 6.28. The fourth-order valence-electron chi connectivity index (χ4n) is 1.65. The summed E-state index contributed by atoms with van der Waals surface area (Å²) < 4.78 is 5.36. The van der Waals surface area contributed by atoms with E-state index in [-0.39, 0.29) is 0 Å². The Morgan fingerprint density at radius 1 is 1.33 bits per heavy atom. The fourth-order valence-corrected chi connectivity index (χ4v) is 1.81. The minimum atomic E-state index is 0.503. The highest BCUT2D eigenvalue weighted by Gasteiger charge is 2.17. The molecule has 3 heteroatoms. The molecule has 2 rings (SSSR count). The Morgan fingerprint density at radius 2 is 2.08 bits per heavy atom. The van der Waals surface area contributed by atoms with Gasteiger partial charge in [-0.3, -0.25) is 0 Å². The molecule has 12 heavy (non-hydrogen) atoms. The third kappa shape index (κ3) is 1.65. The van der Waals surface area contributed by atoms with Gasteiger partial charge in [-0.2, -0.15) is 0 Å². The smallest absolute Gasteiger partial charge is 0.193 e. The van der Waals surface area contributed by atoms with Crippen molar-refractivity contribution < 1.29 is 4.42 Å². The van der Waals surface area contributed by atoms with E-state index in [1.165, 1.54) is 0 Å². The molecule has 2 heterocycles. The van der Waals surface area contributed by atoms with Crippen LogP contribution < -0.4 is 5.32 Å². The summed E-state index contributed by atoms with van der Waals surface area (Å²) in [5, 5.41) is 3.82. The summed E-state index contributed by atoms with van der Waals surface area (Å²) in [5.74, 6) is 1.61. The SMILES string of the molecule is Clc1ccc(C2CCNCC2)o1. The van der Waals surface area contributed by atoms with Crippen LogP contribution in [-0.4, -0.2) is 13.1 Å². The lowest BCUT2D eigenvalue weighted by Gasteiger charge is -2.20. The molecule has 0 radical (unpaired) electrons. The quantitative estimate of drug-likeness (QED) is 0.727. The summed E-state index contributed by atoms with van der Waals surface area (Å²) in [6, 6.07) is 3.80. The van der Waals surface area contributed by atoms with Gasteiger partial charge in [-0.25, -0.2) is 0 Å². The summed E-state index contributed by atoms with van der Waals surface area (Å²) in [6.45, 7) is 2.17. The lowest BCUT2D eigenvalue weighted by atomic mass is 9.96. The Balaban J connectivity index is 2.08. The molecule has 0 bridgehead atoms. The number of hydrogen-bond donors (Lipinski definition) is 1. The van der Waals surface area contributed by atoms with E-state index in [9.17, 15) is 0 Å². The molecule has 0 aliphatic carbocycles. The second-order valence-electron chi connectivity index (χ2n) is 3.17. The van der Waals surface area contributed by atoms with Crippen LogP contribution >= 0.6 is 11.6 Å². The zero-order valence-electron chi connectivity index (χ0n) is 6.85. The Kier molecular flexibility index (Phi) is 2.38. The van der Waals surface area contributed by atoms with Crippen LogP contribution in [0, 0.1) is 0 Å². The average Bonchev–Trinajstić information content (AvgIpc) is 2.54. The topological polar surface area (TPSA) is 25.2 Å². The van der Waals surface area contributed by atoms with E-state index in [0.29, 0.717) is 11.1 Å². The van der Waals surface area contributed by atoms with Crippen LogP contribution in [0.15, 0.2) is 16.5 Å². The molecule has 0 amide bonds. The van der Waals surface area contributed by atoms with E-state index in [1.54, 1.807) is 0 Å². The van der Waals surface area contributed by atoms with Gasteiger partial charge in [-0.15, -0.1) is 0 Å². The molecule has 0 aromatic carbocycles. The number of piperidine rings is 1. The molecule has 2 nitrogen and oxygen atoms in total. The summed E-state index contributed by atoms with van der Waals surface area (Å²) in [6.07, 6.45) is 2.31. The molecule has 0 atom stereocenters. The van der Waals surface area contributed by atoms with Gasteiger partial charge in [0.2, 0.25) is 0 Å². The van der Waals surface area contributed by atoms with Crippen molar-refractivity contribution in [1.82, 2.24) is 5.32 Å². The van der Waals surface area contributed by atoms with E-state index in [1.807, 2.05) is 12.1 Å². The molecule has 0 saturated carbocycles. The molecule has 1 aliphatic heterocycles. The number of halogens is 1. The van der Waals surface area contributed by atoms with Gasteiger partial charge in [-0.05, 0) is 49.7 Å². The first kappa shape index (κ1) is 8.14. The van der Waals surface area contributed by atoms with Crippen LogP contribution in [0.5, 0.6) is 0 Å². The first-order chi connectivity index (χ1) is 5.86. The lowest BCUT2D eigenvalue weighted by molar-refractivity contribution is 0.386. The Labute approximate surface area is 76.9 Å². The van der Waals surface area contributed by atoms with Gasteiger partial charge in [0.1, 0.15) is 5.76 Å². The van der Waals surface area contributed by atoms with Crippen molar-refractivity contribution >= 4 is 11.6 Å². The van der Waals surface area contributed by atoms with Crippen molar-refractivity contribution in [2.24, 2.45) is 0 Å². The second-order valence-corrected chi connectivity index (χ2v) is 3.54. The van der Waals surface area contributed by atoms with E-state index in [2.05, 4.69) is 5.32 Å². The van der Waals surface area contributed by atoms with Gasteiger partial charge in [0.25, 0.3) is 0 Å². The van der Waals surface area contributed by atoms with E-state index in [4.69, 9.17) is 16.0 Å². The average molecular weight is 186 g/mol. The van der Waals surface area contributed by atoms with E-state index in [0.717, 1.165) is 31.7 Å². The Hall–Kier alpha value is -0.470. The van der Waals surface area contributed by atoms with Crippen LogP contribution in [0.1, 0.15) is 24.5 Å². The van der Waals surface area contributed by atoms with Gasteiger partial charge in [0.15, 0.2) is 5.22 Å². The molecule has 1 aromatic rings. The predicted octanol–water partition coefficient (Wildman–Crippen LogP) is 2.40. The molecule has 1 saturated heterocycles. The van der Waals surface area contributed by atoms with Crippen molar-refractivity contribution in [2.45, 2.75) is 18.8 Å². The summed E-state index contributed by atoms with van der Waals surface area (Å²) in [7, 11) is 0. The Bertz CT molecular complexity index is 253. The number of rotatable bonds is 1. The predicted molar refractivity (Wildman–Crippen MR) is 48.6 cm³/mol. The zero-order valence-corrected chi connectivity index (χ0v) is 7.60. The highest BCUT2D eigenvalue weighted by atomic mass is 35.5. The van der Waals surface area contributed by atoms with Crippen LogP contribution in [-0.2, 0) is 0 Å². The lowest BCUT2D eigenvalue weighted by Crippen LogP contribution is -2.26. The maximum Gasteiger partial charge on any atom is 0.193 e. The number of hydrogen-bond acceptors (Lipinski definition) is 2. The van der Waals surface area contributed by atoms with Crippen molar-refractivity contribution in [3.63, 3.8) is 0 Å². The molecular weight excluding hydrogens is 174 g/mol. The third-order valence-corrected chi connectivity index (χ3v) is 2.54. The third-order valence-electron chi connectivity index (χ3n) is 2.34. The molecule has 1 aromatic heterocycles. The minimum Gasteiger partial charge on any atom is -0.449 e. The molecule has 1 N–H and O–H groups in total. The van der Waals surface area contributed by atoms with Crippen LogP contribution in [0.25, 0.3) is 0 Å². The zero-order chi connectivity index (χ0) is 8.39. The molecule has 1 fully saturated rings. The molecule has 0 unspecified atom stereocenters. The van der Waals surface area contributed by atoms with Crippen molar-refractivity contribution in [2.75, 3.05) is 13.1 Å². The van der Waals surface area contributed by atoms with E-state index >= 15 is 0 Å². The van der Waals surface area contributed by atoms with Gasteiger partial charge in [-0.1, -0.05) is 0 Å². The first-order valence-corrected chi connectivity index (χ1v) is 4.70. The van der Waals surface area contributed by atoms with Gasteiger partial charge in [0, 0.05) is 5.92 Å². The molecule has 66 valence electrons. The summed E-state index contributed by atoms with van der Waals surface area (Å²) in [4.78, 5) is 0. The van der Waals surface area contributed by atoms with Crippen LogP contribution in [0.4, 0.5) is 0 Å². The number of nitrogens with one attached hydrogen (secondary N) is 1. The van der Waals surface area contributed by atoms with Gasteiger partial charge in [0.05, 0.1) is 0 Å². The largest absolute Gasteiger partial charge is 0.449 e. The van der Waals surface area contributed by atoms with Crippen molar-refractivity contribution in [3.05, 3.63) is 23.1 Å². The van der Waals surface area contributed by atoms with Crippen molar-refractivity contribution in [1.29, 1.82) is 0 Å². The summed E-state index contributed by atoms with van der Waals surface area (Å²) >= 11 is 5.70. The second kappa shape index (κ2) is 3.50. The van der Waals surface area contributed by atoms with Crippen molar-refractivity contribution in [3.8, 4) is 0 Å². The first-order valence-electron chi connectivity index (χ1n) is 4.32. The van der Waals surface area contributed by atoms with Crippen LogP contribution in [0.2, 0.25) is 5.22 Å². The van der Waals surface area contributed by atoms with E-state index < -0.39 is 0 Å². The maximum atomic E-state index is 5.70. The monoisotopic (exact) mass is 185 g/mol. The van der Waals surface area contributed by atoms with Gasteiger partial charge < -0.3 is 9.73 Å². The molecule has 0 spiro atoms. The maximum absolute atomic E-state index is 5.70. The number of furan rings is 1. The highest BCUT2D eigenvalue weighted by Crippen LogP contribution is 2.28. The molecule has 1 aliphatic rings. The Morgan fingerprint density at radius 3 is 2.67 bits per heavy atom. The minimum absolute atomic E-state index is 0.503. The fraction of sp³-hybridized carbons (Fsp3) is 0.556. The summed E-state index contributed by atoms with van der Waals surface area (Å²) in [5.41, 5.74) is 0. The molecular formula is C9H12ClNO. The van der Waals surface area contributed by atoms with Gasteiger partial charge >= 0.3 is 0 Å².